The molecule has 0 fully saturated rings. The van der Waals surface area contributed by atoms with Crippen molar-refractivity contribution in [2.24, 2.45) is 5.73 Å². The van der Waals surface area contributed by atoms with Gasteiger partial charge in [-0.15, -0.1) is 0 Å². The molecule has 0 aliphatic carbocycles. The predicted octanol–water partition coefficient (Wildman–Crippen LogP) is 1.88. The first-order valence-electron chi connectivity index (χ1n) is 5.26. The summed E-state index contributed by atoms with van der Waals surface area (Å²) in [5.41, 5.74) is 5.72. The molecule has 1 aromatic carbocycles. The molecule has 1 aromatic rings. The quantitative estimate of drug-likeness (QED) is 0.712. The van der Waals surface area contributed by atoms with Crippen LogP contribution in [0, 0.1) is 3.57 Å². The molecule has 1 rings (SSSR count). The van der Waals surface area contributed by atoms with Gasteiger partial charge in [-0.2, -0.15) is 12.7 Å². The molecular weight excluding hydrogens is 389 g/mol. The first-order valence-corrected chi connectivity index (χ1v) is 8.15. The third-order valence-electron chi connectivity index (χ3n) is 2.26. The summed E-state index contributed by atoms with van der Waals surface area (Å²) in [6.07, 6.45) is 0.609. The molecule has 0 aromatic heterocycles. The van der Waals surface area contributed by atoms with Crippen molar-refractivity contribution in [1.82, 2.24) is 4.31 Å². The molecule has 0 unspecified atom stereocenters. The van der Waals surface area contributed by atoms with E-state index in [-0.39, 0.29) is 0 Å². The first-order chi connectivity index (χ1) is 8.36. The van der Waals surface area contributed by atoms with Crippen molar-refractivity contribution in [3.63, 3.8) is 0 Å². The van der Waals surface area contributed by atoms with Gasteiger partial charge >= 0.3 is 10.2 Å². The van der Waals surface area contributed by atoms with Crippen LogP contribution in [0.15, 0.2) is 18.2 Å². The number of benzene rings is 1. The summed E-state index contributed by atoms with van der Waals surface area (Å²) in [5.74, 6) is 0. The van der Waals surface area contributed by atoms with E-state index in [2.05, 4.69) is 27.3 Å². The molecule has 0 radical (unpaired) electrons. The molecular formula is C10H15ClIN3O2S. The second kappa shape index (κ2) is 6.90. The maximum atomic E-state index is 12.0. The molecule has 8 heteroatoms. The summed E-state index contributed by atoms with van der Waals surface area (Å²) >= 11 is 8.08. The second-order valence-corrected chi connectivity index (χ2v) is 7.13. The van der Waals surface area contributed by atoms with Crippen LogP contribution in [-0.2, 0) is 10.2 Å². The van der Waals surface area contributed by atoms with Gasteiger partial charge in [0.25, 0.3) is 0 Å². The SMILES string of the molecule is CN(CCCN)S(=O)(=O)Nc1ccc(I)cc1Cl. The molecule has 0 saturated heterocycles. The van der Waals surface area contributed by atoms with E-state index in [1.54, 1.807) is 18.2 Å². The van der Waals surface area contributed by atoms with E-state index >= 15 is 0 Å². The monoisotopic (exact) mass is 403 g/mol. The fourth-order valence-corrected chi connectivity index (χ4v) is 3.16. The fourth-order valence-electron chi connectivity index (χ4n) is 1.22. The molecule has 0 amide bonds. The number of nitrogens with two attached hydrogens (primary N) is 1. The van der Waals surface area contributed by atoms with Crippen molar-refractivity contribution >= 4 is 50.1 Å². The Bertz CT molecular complexity index is 510. The molecule has 0 bridgehead atoms. The van der Waals surface area contributed by atoms with Gasteiger partial charge in [0.05, 0.1) is 10.7 Å². The minimum atomic E-state index is -3.58. The average Bonchev–Trinajstić information content (AvgIpc) is 2.29. The normalized spacial score (nSPS) is 11.8. The third kappa shape index (κ3) is 4.54. The zero-order chi connectivity index (χ0) is 13.8. The highest BCUT2D eigenvalue weighted by Crippen LogP contribution is 2.25. The second-order valence-electron chi connectivity index (χ2n) is 3.70. The summed E-state index contributed by atoms with van der Waals surface area (Å²) < 4.78 is 28.5. The highest BCUT2D eigenvalue weighted by atomic mass is 127. The van der Waals surface area contributed by atoms with Crippen LogP contribution in [-0.4, -0.2) is 32.9 Å². The summed E-state index contributed by atoms with van der Waals surface area (Å²) in [4.78, 5) is 0. The van der Waals surface area contributed by atoms with E-state index in [0.717, 1.165) is 3.57 Å². The van der Waals surface area contributed by atoms with Crippen LogP contribution >= 0.6 is 34.2 Å². The van der Waals surface area contributed by atoms with Crippen LogP contribution in [0.4, 0.5) is 5.69 Å². The molecule has 102 valence electrons. The number of rotatable bonds is 6. The zero-order valence-electron chi connectivity index (χ0n) is 9.86. The van der Waals surface area contributed by atoms with Gasteiger partial charge in [-0.25, -0.2) is 0 Å². The Labute approximate surface area is 126 Å². The van der Waals surface area contributed by atoms with Crippen LogP contribution in [0.2, 0.25) is 5.02 Å². The average molecular weight is 404 g/mol. The lowest BCUT2D eigenvalue weighted by Crippen LogP contribution is -2.34. The molecule has 0 heterocycles. The highest BCUT2D eigenvalue weighted by molar-refractivity contribution is 14.1. The van der Waals surface area contributed by atoms with Crippen LogP contribution in [0.3, 0.4) is 0 Å². The first kappa shape index (κ1) is 16.0. The van der Waals surface area contributed by atoms with Crippen molar-refractivity contribution in [3.8, 4) is 0 Å². The van der Waals surface area contributed by atoms with Gasteiger partial charge < -0.3 is 5.73 Å². The van der Waals surface area contributed by atoms with Crippen LogP contribution < -0.4 is 10.5 Å². The highest BCUT2D eigenvalue weighted by Gasteiger charge is 2.18. The van der Waals surface area contributed by atoms with Gasteiger partial charge in [-0.05, 0) is 53.8 Å². The summed E-state index contributed by atoms with van der Waals surface area (Å²) in [5, 5.41) is 0.373. The van der Waals surface area contributed by atoms with Gasteiger partial charge in [0.1, 0.15) is 0 Å². The van der Waals surface area contributed by atoms with E-state index in [0.29, 0.717) is 30.2 Å². The van der Waals surface area contributed by atoms with Gasteiger partial charge in [0.2, 0.25) is 0 Å². The van der Waals surface area contributed by atoms with E-state index in [1.807, 2.05) is 0 Å². The molecule has 0 aliphatic rings. The minimum Gasteiger partial charge on any atom is -0.330 e. The van der Waals surface area contributed by atoms with Crippen molar-refractivity contribution < 1.29 is 8.42 Å². The predicted molar refractivity (Wildman–Crippen MR) is 83.0 cm³/mol. The third-order valence-corrected chi connectivity index (χ3v) is 4.72. The Balaban J connectivity index is 2.82. The van der Waals surface area contributed by atoms with Gasteiger partial charge in [-0.3, -0.25) is 4.72 Å². The molecule has 3 N–H and O–H groups in total. The molecule has 5 nitrogen and oxygen atoms in total. The number of nitrogens with one attached hydrogen (secondary N) is 1. The largest absolute Gasteiger partial charge is 0.330 e. The topological polar surface area (TPSA) is 75.4 Å². The van der Waals surface area contributed by atoms with Crippen LogP contribution in [0.1, 0.15) is 6.42 Å². The number of halogens is 2. The van der Waals surface area contributed by atoms with Crippen molar-refractivity contribution in [2.45, 2.75) is 6.42 Å². The number of hydrogen-bond acceptors (Lipinski definition) is 3. The maximum absolute atomic E-state index is 12.0. The van der Waals surface area contributed by atoms with Crippen LogP contribution in [0.5, 0.6) is 0 Å². The molecule has 0 atom stereocenters. The Hall–Kier alpha value is -0.0900. The van der Waals surface area contributed by atoms with Gasteiger partial charge in [0, 0.05) is 17.2 Å². The van der Waals surface area contributed by atoms with E-state index < -0.39 is 10.2 Å². The summed E-state index contributed by atoms with van der Waals surface area (Å²) in [7, 11) is -2.08. The Morgan fingerprint density at radius 3 is 2.72 bits per heavy atom. The number of hydrogen-bond donors (Lipinski definition) is 2. The van der Waals surface area contributed by atoms with E-state index in [9.17, 15) is 8.42 Å². The van der Waals surface area contributed by atoms with Gasteiger partial charge in [0.15, 0.2) is 0 Å². The maximum Gasteiger partial charge on any atom is 0.301 e. The summed E-state index contributed by atoms with van der Waals surface area (Å²) in [6, 6.07) is 5.11. The van der Waals surface area contributed by atoms with Crippen molar-refractivity contribution in [2.75, 3.05) is 24.9 Å². The minimum absolute atomic E-state index is 0.369. The Morgan fingerprint density at radius 1 is 1.50 bits per heavy atom. The van der Waals surface area contributed by atoms with E-state index in [1.165, 1.54) is 11.4 Å². The summed E-state index contributed by atoms with van der Waals surface area (Å²) in [6.45, 7) is 0.817. The lowest BCUT2D eigenvalue weighted by molar-refractivity contribution is 0.468. The standard InChI is InChI=1S/C10H15ClIN3O2S/c1-15(6-2-5-13)18(16,17)14-10-4-3-8(12)7-9(10)11/h3-4,7,14H,2,5-6,13H2,1H3. The Kier molecular flexibility index (Phi) is 6.12. The van der Waals surface area contributed by atoms with Gasteiger partial charge in [-0.1, -0.05) is 11.6 Å². The lowest BCUT2D eigenvalue weighted by atomic mass is 10.3. The molecule has 18 heavy (non-hydrogen) atoms. The van der Waals surface area contributed by atoms with Crippen molar-refractivity contribution in [1.29, 1.82) is 0 Å². The number of nitrogens with zero attached hydrogens (tertiary/aromatic N) is 1. The molecule has 0 spiro atoms. The lowest BCUT2D eigenvalue weighted by Gasteiger charge is -2.18. The van der Waals surface area contributed by atoms with Crippen LogP contribution in [0.25, 0.3) is 0 Å². The number of anilines is 1. The van der Waals surface area contributed by atoms with Crippen molar-refractivity contribution in [3.05, 3.63) is 26.8 Å². The Morgan fingerprint density at radius 2 is 2.17 bits per heavy atom. The smallest absolute Gasteiger partial charge is 0.301 e. The zero-order valence-corrected chi connectivity index (χ0v) is 13.6. The van der Waals surface area contributed by atoms with E-state index in [4.69, 9.17) is 17.3 Å². The fraction of sp³-hybridized carbons (Fsp3) is 0.400. The molecule has 0 aliphatic heterocycles. The molecule has 0 saturated carbocycles.